The van der Waals surface area contributed by atoms with Crippen molar-refractivity contribution in [3.8, 4) is 5.88 Å². The summed E-state index contributed by atoms with van der Waals surface area (Å²) in [6, 6.07) is 3.47. The topological polar surface area (TPSA) is 83.0 Å². The summed E-state index contributed by atoms with van der Waals surface area (Å²) in [6.45, 7) is 1.76. The van der Waals surface area contributed by atoms with Crippen LogP contribution < -0.4 is 10.5 Å². The molecular weight excluding hydrogens is 256 g/mol. The highest BCUT2D eigenvalue weighted by Crippen LogP contribution is 2.24. The Labute approximate surface area is 109 Å². The van der Waals surface area contributed by atoms with Gasteiger partial charge in [-0.15, -0.1) is 11.6 Å². The van der Waals surface area contributed by atoms with Crippen molar-refractivity contribution in [1.82, 2.24) is 14.5 Å². The van der Waals surface area contributed by atoms with Gasteiger partial charge < -0.3 is 15.0 Å². The third-order valence-corrected chi connectivity index (χ3v) is 2.67. The normalized spacial score (nSPS) is 12.6. The van der Waals surface area contributed by atoms with Crippen LogP contribution in [0.2, 0.25) is 0 Å². The Bertz CT molecular complexity index is 594. The van der Waals surface area contributed by atoms with Crippen molar-refractivity contribution in [3.63, 3.8) is 0 Å². The first-order valence-corrected chi connectivity index (χ1v) is 5.80. The lowest BCUT2D eigenvalue weighted by molar-refractivity contribution is -0.118. The Morgan fingerprint density at radius 1 is 1.56 bits per heavy atom. The van der Waals surface area contributed by atoms with Crippen molar-refractivity contribution in [1.29, 1.82) is 0 Å². The molecule has 2 rings (SSSR count). The molecular formula is C11H13ClN4O2. The van der Waals surface area contributed by atoms with E-state index in [9.17, 15) is 4.79 Å². The molecule has 0 aliphatic rings. The van der Waals surface area contributed by atoms with Crippen LogP contribution in [-0.2, 0) is 11.3 Å². The van der Waals surface area contributed by atoms with E-state index in [0.29, 0.717) is 22.9 Å². The van der Waals surface area contributed by atoms with Gasteiger partial charge in [-0.25, -0.2) is 4.98 Å². The second kappa shape index (κ2) is 4.81. The standard InChI is InChI=1S/C11H13ClN4O2/c1-6(12)10-14-7-3-4-9(18-2)15-11(7)16(10)5-8(13)17/h3-4,6H,5H2,1-2H3,(H2,13,17). The van der Waals surface area contributed by atoms with Crippen molar-refractivity contribution in [2.75, 3.05) is 7.11 Å². The zero-order valence-corrected chi connectivity index (χ0v) is 10.8. The number of aromatic nitrogens is 3. The highest BCUT2D eigenvalue weighted by molar-refractivity contribution is 6.20. The van der Waals surface area contributed by atoms with Crippen molar-refractivity contribution in [2.45, 2.75) is 18.8 Å². The van der Waals surface area contributed by atoms with E-state index in [2.05, 4.69) is 9.97 Å². The molecule has 0 fully saturated rings. The molecule has 1 unspecified atom stereocenters. The highest BCUT2D eigenvalue weighted by atomic mass is 35.5. The van der Waals surface area contributed by atoms with Crippen molar-refractivity contribution in [3.05, 3.63) is 18.0 Å². The number of nitrogens with zero attached hydrogens (tertiary/aromatic N) is 3. The summed E-state index contributed by atoms with van der Waals surface area (Å²) in [5.74, 6) is 0.533. The Hall–Kier alpha value is -1.82. The van der Waals surface area contributed by atoms with Gasteiger partial charge in [0.25, 0.3) is 0 Å². The maximum atomic E-state index is 11.1. The second-order valence-electron chi connectivity index (χ2n) is 3.83. The van der Waals surface area contributed by atoms with Gasteiger partial charge in [0.15, 0.2) is 5.65 Å². The average molecular weight is 269 g/mol. The molecule has 0 radical (unpaired) electrons. The first-order chi connectivity index (χ1) is 8.52. The first-order valence-electron chi connectivity index (χ1n) is 5.36. The molecule has 0 aromatic carbocycles. The summed E-state index contributed by atoms with van der Waals surface area (Å²) in [5, 5.41) is -0.343. The van der Waals surface area contributed by atoms with Crippen LogP contribution in [0.4, 0.5) is 0 Å². The van der Waals surface area contributed by atoms with Crippen LogP contribution in [0, 0.1) is 0 Å². The molecule has 2 heterocycles. The number of primary amides is 1. The van der Waals surface area contributed by atoms with Gasteiger partial charge in [0, 0.05) is 6.07 Å². The lowest BCUT2D eigenvalue weighted by Gasteiger charge is -2.07. The number of carbonyl (C=O) groups is 1. The Morgan fingerprint density at radius 3 is 2.83 bits per heavy atom. The van der Waals surface area contributed by atoms with Crippen LogP contribution in [0.25, 0.3) is 11.2 Å². The molecule has 0 aliphatic carbocycles. The fourth-order valence-corrected chi connectivity index (χ4v) is 1.90. The zero-order chi connectivity index (χ0) is 13.3. The van der Waals surface area contributed by atoms with Gasteiger partial charge in [0.05, 0.1) is 12.5 Å². The third-order valence-electron chi connectivity index (χ3n) is 2.48. The zero-order valence-electron chi connectivity index (χ0n) is 10.1. The number of amides is 1. The molecule has 1 amide bonds. The predicted octanol–water partition coefficient (Wildman–Crippen LogP) is 1.23. The van der Waals surface area contributed by atoms with E-state index >= 15 is 0 Å². The molecule has 6 nitrogen and oxygen atoms in total. The number of halogens is 1. The summed E-state index contributed by atoms with van der Waals surface area (Å²) >= 11 is 6.04. The Kier molecular flexibility index (Phi) is 3.38. The molecule has 0 saturated carbocycles. The molecule has 0 spiro atoms. The van der Waals surface area contributed by atoms with E-state index in [1.54, 1.807) is 23.6 Å². The van der Waals surface area contributed by atoms with Gasteiger partial charge in [0.2, 0.25) is 11.8 Å². The molecule has 1 atom stereocenters. The van der Waals surface area contributed by atoms with Gasteiger partial charge in [-0.1, -0.05) is 0 Å². The van der Waals surface area contributed by atoms with Crippen molar-refractivity contribution in [2.24, 2.45) is 5.73 Å². The van der Waals surface area contributed by atoms with Crippen LogP contribution in [0.1, 0.15) is 18.1 Å². The maximum Gasteiger partial charge on any atom is 0.237 e. The molecule has 2 aromatic heterocycles. The Balaban J connectivity index is 2.65. The summed E-state index contributed by atoms with van der Waals surface area (Å²) in [5.41, 5.74) is 6.41. The van der Waals surface area contributed by atoms with Crippen molar-refractivity contribution >= 4 is 28.7 Å². The maximum absolute atomic E-state index is 11.1. The van der Waals surface area contributed by atoms with Crippen LogP contribution in [0.5, 0.6) is 5.88 Å². The lowest BCUT2D eigenvalue weighted by Crippen LogP contribution is -2.20. The fourth-order valence-electron chi connectivity index (χ4n) is 1.73. The third kappa shape index (κ3) is 2.24. The minimum absolute atomic E-state index is 0.0109. The van der Waals surface area contributed by atoms with Crippen molar-refractivity contribution < 1.29 is 9.53 Å². The number of hydrogen-bond donors (Lipinski definition) is 1. The van der Waals surface area contributed by atoms with Crippen LogP contribution in [-0.4, -0.2) is 27.6 Å². The van der Waals surface area contributed by atoms with Crippen LogP contribution in [0.3, 0.4) is 0 Å². The van der Waals surface area contributed by atoms with E-state index in [0.717, 1.165) is 0 Å². The molecule has 18 heavy (non-hydrogen) atoms. The number of ether oxygens (including phenoxy) is 1. The summed E-state index contributed by atoms with van der Waals surface area (Å²) in [7, 11) is 1.52. The monoisotopic (exact) mass is 268 g/mol. The largest absolute Gasteiger partial charge is 0.481 e. The van der Waals surface area contributed by atoms with E-state index in [1.807, 2.05) is 0 Å². The number of methoxy groups -OCH3 is 1. The van der Waals surface area contributed by atoms with Crippen LogP contribution in [0.15, 0.2) is 12.1 Å². The van der Waals surface area contributed by atoms with E-state index < -0.39 is 5.91 Å². The number of fused-ring (bicyclic) bond motifs is 1. The number of imidazole rings is 1. The molecule has 96 valence electrons. The smallest absolute Gasteiger partial charge is 0.237 e. The minimum Gasteiger partial charge on any atom is -0.481 e. The number of nitrogens with two attached hydrogens (primary N) is 1. The number of carbonyl (C=O) groups excluding carboxylic acids is 1. The SMILES string of the molecule is COc1ccc2nc(C(C)Cl)n(CC(N)=O)c2n1. The number of hydrogen-bond acceptors (Lipinski definition) is 4. The molecule has 2 N–H and O–H groups in total. The predicted molar refractivity (Wildman–Crippen MR) is 67.5 cm³/mol. The molecule has 0 aliphatic heterocycles. The van der Waals surface area contributed by atoms with Gasteiger partial charge in [-0.3, -0.25) is 4.79 Å². The summed E-state index contributed by atoms with van der Waals surface area (Å²) in [6.07, 6.45) is 0. The molecule has 2 aromatic rings. The van der Waals surface area contributed by atoms with Gasteiger partial charge >= 0.3 is 0 Å². The first kappa shape index (κ1) is 12.6. The molecule has 0 bridgehead atoms. The van der Waals surface area contributed by atoms with E-state index in [4.69, 9.17) is 22.1 Å². The van der Waals surface area contributed by atoms with Gasteiger partial charge in [0.1, 0.15) is 17.9 Å². The van der Waals surface area contributed by atoms with Crippen LogP contribution >= 0.6 is 11.6 Å². The summed E-state index contributed by atoms with van der Waals surface area (Å²) < 4.78 is 6.66. The molecule has 0 saturated heterocycles. The number of alkyl halides is 1. The Morgan fingerprint density at radius 2 is 2.28 bits per heavy atom. The average Bonchev–Trinajstić information content (AvgIpc) is 2.67. The quantitative estimate of drug-likeness (QED) is 0.845. The highest BCUT2D eigenvalue weighted by Gasteiger charge is 2.17. The van der Waals surface area contributed by atoms with Gasteiger partial charge in [-0.2, -0.15) is 4.98 Å². The lowest BCUT2D eigenvalue weighted by atomic mass is 10.4. The van der Waals surface area contributed by atoms with E-state index in [1.165, 1.54) is 7.11 Å². The fraction of sp³-hybridized carbons (Fsp3) is 0.364. The number of pyridine rings is 1. The summed E-state index contributed by atoms with van der Waals surface area (Å²) in [4.78, 5) is 19.7. The second-order valence-corrected chi connectivity index (χ2v) is 4.49. The minimum atomic E-state index is -0.475. The van der Waals surface area contributed by atoms with E-state index in [-0.39, 0.29) is 11.9 Å². The number of rotatable bonds is 4. The van der Waals surface area contributed by atoms with Gasteiger partial charge in [-0.05, 0) is 13.0 Å². The molecule has 7 heteroatoms.